The normalized spacial score (nSPS) is 9.53. The van der Waals surface area contributed by atoms with E-state index < -0.39 is 0 Å². The number of carbonyl (C=O) groups is 1. The highest BCUT2D eigenvalue weighted by Gasteiger charge is 2.03. The molecule has 0 aliphatic heterocycles. The van der Waals surface area contributed by atoms with E-state index in [9.17, 15) is 4.79 Å². The molecule has 0 saturated heterocycles. The summed E-state index contributed by atoms with van der Waals surface area (Å²) in [5, 5.41) is 12.3. The van der Waals surface area contributed by atoms with E-state index >= 15 is 0 Å². The van der Waals surface area contributed by atoms with Crippen LogP contribution in [0.15, 0.2) is 18.7 Å². The fourth-order valence-corrected chi connectivity index (χ4v) is 0.921. The van der Waals surface area contributed by atoms with Crippen molar-refractivity contribution < 1.29 is 4.79 Å². The van der Waals surface area contributed by atoms with Gasteiger partial charge in [-0.3, -0.25) is 4.79 Å². The molecule has 0 amide bonds. The van der Waals surface area contributed by atoms with Crippen LogP contribution >= 0.6 is 0 Å². The Morgan fingerprint density at radius 2 is 2.07 bits per heavy atom. The minimum atomic E-state index is 0.0399. The van der Waals surface area contributed by atoms with Crippen molar-refractivity contribution >= 4 is 6.29 Å². The van der Waals surface area contributed by atoms with E-state index in [2.05, 4.69) is 20.1 Å². The van der Waals surface area contributed by atoms with Gasteiger partial charge < -0.3 is 0 Å². The van der Waals surface area contributed by atoms with Gasteiger partial charge in [0.2, 0.25) is 0 Å². The summed E-state index contributed by atoms with van der Waals surface area (Å²) >= 11 is 0. The number of rotatable bonds is 2. The van der Waals surface area contributed by atoms with Gasteiger partial charge in [-0.25, -0.2) is 15.0 Å². The Labute approximate surface area is 84.0 Å². The number of aromatic nitrogens is 5. The molecule has 0 fully saturated rings. The van der Waals surface area contributed by atoms with Crippen molar-refractivity contribution in [2.45, 2.75) is 0 Å². The van der Waals surface area contributed by atoms with Gasteiger partial charge in [0.15, 0.2) is 6.29 Å². The zero-order valence-electron chi connectivity index (χ0n) is 7.40. The molecule has 2 heterocycles. The molecule has 0 aromatic carbocycles. The van der Waals surface area contributed by atoms with E-state index in [1.54, 1.807) is 6.07 Å². The highest BCUT2D eigenvalue weighted by molar-refractivity contribution is 5.73. The van der Waals surface area contributed by atoms with E-state index in [1.165, 1.54) is 23.4 Å². The van der Waals surface area contributed by atoms with Gasteiger partial charge in [-0.2, -0.15) is 9.94 Å². The first kappa shape index (κ1) is 8.96. The van der Waals surface area contributed by atoms with E-state index in [-0.39, 0.29) is 11.8 Å². The lowest BCUT2D eigenvalue weighted by Crippen LogP contribution is -2.02. The molecule has 0 saturated carbocycles. The summed E-state index contributed by atoms with van der Waals surface area (Å²) in [6.45, 7) is 0. The second-order valence-electron chi connectivity index (χ2n) is 2.56. The van der Waals surface area contributed by atoms with E-state index in [1.807, 2.05) is 0 Å². The van der Waals surface area contributed by atoms with Gasteiger partial charge >= 0.3 is 0 Å². The Kier molecular flexibility index (Phi) is 2.17. The molecule has 15 heavy (non-hydrogen) atoms. The Bertz CT molecular complexity index is 523. The van der Waals surface area contributed by atoms with Gasteiger partial charge in [0.1, 0.15) is 12.4 Å². The molecular formula is C8H4N6O. The highest BCUT2D eigenvalue weighted by Crippen LogP contribution is 1.98. The molecule has 0 aliphatic rings. The summed E-state index contributed by atoms with van der Waals surface area (Å²) in [7, 11) is 0. The van der Waals surface area contributed by atoms with Crippen molar-refractivity contribution in [2.24, 2.45) is 0 Å². The van der Waals surface area contributed by atoms with E-state index in [0.717, 1.165) is 0 Å². The zero-order chi connectivity index (χ0) is 10.7. The summed E-state index contributed by atoms with van der Waals surface area (Å²) in [4.78, 5) is 21.8. The maximum absolute atomic E-state index is 10.3. The quantitative estimate of drug-likeness (QED) is 0.619. The minimum Gasteiger partial charge on any atom is -0.298 e. The number of hydrogen-bond acceptors (Lipinski definition) is 6. The Hall–Kier alpha value is -2.62. The number of nitriles is 1. The summed E-state index contributed by atoms with van der Waals surface area (Å²) in [6.07, 6.45) is 4.70. The van der Waals surface area contributed by atoms with Gasteiger partial charge in [-0.05, 0) is 0 Å². The van der Waals surface area contributed by atoms with Crippen molar-refractivity contribution in [2.75, 3.05) is 0 Å². The van der Waals surface area contributed by atoms with Crippen molar-refractivity contribution in [3.05, 3.63) is 30.1 Å². The van der Waals surface area contributed by atoms with Gasteiger partial charge in [0.25, 0.3) is 11.8 Å². The van der Waals surface area contributed by atoms with Crippen LogP contribution in [0.3, 0.4) is 0 Å². The first-order chi connectivity index (χ1) is 7.33. The molecule has 7 heteroatoms. The smallest absolute Gasteiger partial charge is 0.252 e. The first-order valence-electron chi connectivity index (χ1n) is 3.93. The number of nitrogens with zero attached hydrogens (tertiary/aromatic N) is 6. The second kappa shape index (κ2) is 3.63. The summed E-state index contributed by atoms with van der Waals surface area (Å²) in [5.74, 6) is 0.299. The minimum absolute atomic E-state index is 0.0399. The number of carbonyl (C=O) groups excluding carboxylic acids is 1. The van der Waals surface area contributed by atoms with Crippen LogP contribution in [0.1, 0.15) is 16.2 Å². The lowest BCUT2D eigenvalue weighted by Gasteiger charge is -1.96. The molecule has 2 aromatic heterocycles. The van der Waals surface area contributed by atoms with Gasteiger partial charge in [-0.1, -0.05) is 0 Å². The van der Waals surface area contributed by atoms with Crippen molar-refractivity contribution in [1.82, 2.24) is 24.7 Å². The fourth-order valence-electron chi connectivity index (χ4n) is 0.921. The van der Waals surface area contributed by atoms with Gasteiger partial charge in [-0.15, -0.1) is 5.10 Å². The Balaban J connectivity index is 2.37. The number of hydrogen-bond donors (Lipinski definition) is 0. The third-order valence-electron chi connectivity index (χ3n) is 1.59. The van der Waals surface area contributed by atoms with Crippen LogP contribution in [-0.4, -0.2) is 31.0 Å². The second-order valence-corrected chi connectivity index (χ2v) is 2.56. The van der Waals surface area contributed by atoms with Crippen LogP contribution in [0.4, 0.5) is 0 Å². The Morgan fingerprint density at radius 1 is 1.33 bits per heavy atom. The lowest BCUT2D eigenvalue weighted by atomic mass is 10.4. The average Bonchev–Trinajstić information content (AvgIpc) is 2.78. The van der Waals surface area contributed by atoms with Crippen molar-refractivity contribution in [3.8, 4) is 12.0 Å². The summed E-state index contributed by atoms with van der Waals surface area (Å²) in [6, 6.07) is 1.78. The maximum Gasteiger partial charge on any atom is 0.252 e. The van der Waals surface area contributed by atoms with Crippen molar-refractivity contribution in [1.29, 1.82) is 5.26 Å². The van der Waals surface area contributed by atoms with Gasteiger partial charge in [0.05, 0.1) is 5.56 Å². The SMILES string of the molecule is N#Cc1ncn(-c2ncc(C=O)cn2)n1. The molecule has 2 rings (SSSR count). The third kappa shape index (κ3) is 1.68. The van der Waals surface area contributed by atoms with Crippen LogP contribution in [0.25, 0.3) is 5.95 Å². The fraction of sp³-hybridized carbons (Fsp3) is 0. The first-order valence-corrected chi connectivity index (χ1v) is 3.93. The summed E-state index contributed by atoms with van der Waals surface area (Å²) in [5.41, 5.74) is 0.374. The lowest BCUT2D eigenvalue weighted by molar-refractivity contribution is 0.112. The largest absolute Gasteiger partial charge is 0.298 e. The molecule has 0 radical (unpaired) electrons. The van der Waals surface area contributed by atoms with Crippen LogP contribution < -0.4 is 0 Å². The molecule has 0 bridgehead atoms. The molecule has 72 valence electrons. The van der Waals surface area contributed by atoms with Crippen LogP contribution in [0.2, 0.25) is 0 Å². The number of aldehydes is 1. The molecule has 0 atom stereocenters. The predicted molar refractivity (Wildman–Crippen MR) is 47.1 cm³/mol. The topological polar surface area (TPSA) is 97.3 Å². The standard InChI is InChI=1S/C8H4N6O/c9-1-7-12-5-14(13-7)8-10-2-6(4-15)3-11-8/h2-5H. The van der Waals surface area contributed by atoms with Crippen LogP contribution in [-0.2, 0) is 0 Å². The monoisotopic (exact) mass is 200 g/mol. The molecule has 0 unspecified atom stereocenters. The van der Waals surface area contributed by atoms with E-state index in [0.29, 0.717) is 11.8 Å². The van der Waals surface area contributed by atoms with E-state index in [4.69, 9.17) is 5.26 Å². The molecule has 0 spiro atoms. The molecule has 0 N–H and O–H groups in total. The van der Waals surface area contributed by atoms with Gasteiger partial charge in [0, 0.05) is 12.4 Å². The van der Waals surface area contributed by atoms with Crippen LogP contribution in [0, 0.1) is 11.3 Å². The average molecular weight is 200 g/mol. The zero-order valence-corrected chi connectivity index (χ0v) is 7.40. The highest BCUT2D eigenvalue weighted by atomic mass is 16.1. The molecule has 7 nitrogen and oxygen atoms in total. The van der Waals surface area contributed by atoms with Crippen LogP contribution in [0.5, 0.6) is 0 Å². The molecular weight excluding hydrogens is 196 g/mol. The third-order valence-corrected chi connectivity index (χ3v) is 1.59. The maximum atomic E-state index is 10.3. The summed E-state index contributed by atoms with van der Waals surface area (Å²) < 4.78 is 1.26. The molecule has 2 aromatic rings. The Morgan fingerprint density at radius 3 is 2.60 bits per heavy atom. The molecule has 0 aliphatic carbocycles. The predicted octanol–water partition coefficient (Wildman–Crippen LogP) is -0.259. The van der Waals surface area contributed by atoms with Crippen molar-refractivity contribution in [3.63, 3.8) is 0 Å².